The topological polar surface area (TPSA) is 42.0 Å². The van der Waals surface area contributed by atoms with Crippen molar-refractivity contribution in [2.24, 2.45) is 5.92 Å². The summed E-state index contributed by atoms with van der Waals surface area (Å²) in [5, 5.41) is 6.19. The van der Waals surface area contributed by atoms with E-state index in [1.54, 1.807) is 17.4 Å². The van der Waals surface area contributed by atoms with Crippen molar-refractivity contribution in [1.82, 2.24) is 10.3 Å². The predicted octanol–water partition coefficient (Wildman–Crippen LogP) is 3.58. The maximum atomic E-state index is 13.2. The number of nitrogens with one attached hydrogen (secondary N) is 1. The largest absolute Gasteiger partial charge is 0.350 e. The van der Waals surface area contributed by atoms with Gasteiger partial charge in [-0.05, 0) is 42.9 Å². The molecule has 2 aromatic rings. The maximum Gasteiger partial charge on any atom is 0.224 e. The highest BCUT2D eigenvalue weighted by atomic mass is 32.1. The van der Waals surface area contributed by atoms with Crippen LogP contribution >= 0.6 is 11.3 Å². The first-order chi connectivity index (χ1) is 10.7. The second-order valence-electron chi connectivity index (χ2n) is 6.17. The van der Waals surface area contributed by atoms with E-state index < -0.39 is 0 Å². The summed E-state index contributed by atoms with van der Waals surface area (Å²) >= 11 is 1.69. The number of nitrogens with zero attached hydrogens (tertiary/aromatic N) is 1. The molecule has 0 spiro atoms. The van der Waals surface area contributed by atoms with Crippen LogP contribution in [-0.2, 0) is 11.3 Å². The lowest BCUT2D eigenvalue weighted by atomic mass is 10.1. The molecule has 4 rings (SSSR count). The third kappa shape index (κ3) is 2.90. The van der Waals surface area contributed by atoms with E-state index in [9.17, 15) is 9.18 Å². The lowest BCUT2D eigenvalue weighted by molar-refractivity contribution is -0.122. The van der Waals surface area contributed by atoms with Crippen LogP contribution in [0, 0.1) is 11.7 Å². The van der Waals surface area contributed by atoms with E-state index in [0.717, 1.165) is 17.7 Å². The fourth-order valence-electron chi connectivity index (χ4n) is 2.82. The molecule has 0 aliphatic heterocycles. The molecule has 2 aliphatic carbocycles. The second kappa shape index (κ2) is 5.47. The van der Waals surface area contributed by atoms with Crippen molar-refractivity contribution in [1.29, 1.82) is 0 Å². The number of aromatic nitrogens is 1. The second-order valence-corrected chi connectivity index (χ2v) is 7.06. The van der Waals surface area contributed by atoms with E-state index in [1.165, 1.54) is 30.0 Å². The SMILES string of the molecule is O=C(NCc1csc(C2CC2)n1)[C@H]1C[C@H]1c1cccc(F)c1. The Labute approximate surface area is 132 Å². The van der Waals surface area contributed by atoms with Crippen LogP contribution in [0.25, 0.3) is 0 Å². The van der Waals surface area contributed by atoms with Gasteiger partial charge in [0.1, 0.15) is 5.82 Å². The van der Waals surface area contributed by atoms with Gasteiger partial charge in [0.15, 0.2) is 0 Å². The van der Waals surface area contributed by atoms with E-state index in [1.807, 2.05) is 11.4 Å². The smallest absolute Gasteiger partial charge is 0.224 e. The highest BCUT2D eigenvalue weighted by Gasteiger charge is 2.43. The summed E-state index contributed by atoms with van der Waals surface area (Å²) in [5.41, 5.74) is 1.87. The molecule has 1 aromatic carbocycles. The van der Waals surface area contributed by atoms with Crippen LogP contribution < -0.4 is 5.32 Å². The zero-order chi connectivity index (χ0) is 15.1. The predicted molar refractivity (Wildman–Crippen MR) is 83.2 cm³/mol. The summed E-state index contributed by atoms with van der Waals surface area (Å²) in [5.74, 6) is 0.612. The van der Waals surface area contributed by atoms with Crippen molar-refractivity contribution in [3.8, 4) is 0 Å². The van der Waals surface area contributed by atoms with Crippen LogP contribution in [0.2, 0.25) is 0 Å². The molecule has 22 heavy (non-hydrogen) atoms. The first-order valence-electron chi connectivity index (χ1n) is 7.68. The number of amides is 1. The third-order valence-electron chi connectivity index (χ3n) is 4.34. The van der Waals surface area contributed by atoms with Gasteiger partial charge in [-0.1, -0.05) is 12.1 Å². The standard InChI is InChI=1S/C17H17FN2OS/c18-12-3-1-2-11(6-12)14-7-15(14)16(21)19-8-13-9-22-17(20-13)10-4-5-10/h1-3,6,9-10,14-15H,4-5,7-8H2,(H,19,21)/t14-,15-/m0/s1. The third-order valence-corrected chi connectivity index (χ3v) is 5.40. The fourth-order valence-corrected chi connectivity index (χ4v) is 3.81. The van der Waals surface area contributed by atoms with E-state index in [2.05, 4.69) is 10.3 Å². The van der Waals surface area contributed by atoms with Crippen molar-refractivity contribution in [3.05, 3.63) is 51.7 Å². The molecule has 3 nitrogen and oxygen atoms in total. The van der Waals surface area contributed by atoms with Gasteiger partial charge in [0.05, 0.1) is 17.2 Å². The number of halogens is 1. The molecule has 2 saturated carbocycles. The molecule has 0 unspecified atom stereocenters. The molecule has 1 N–H and O–H groups in total. The normalized spacial score (nSPS) is 23.3. The number of hydrogen-bond donors (Lipinski definition) is 1. The van der Waals surface area contributed by atoms with Gasteiger partial charge in [0.2, 0.25) is 5.91 Å². The van der Waals surface area contributed by atoms with E-state index in [4.69, 9.17) is 0 Å². The van der Waals surface area contributed by atoms with Crippen LogP contribution in [0.5, 0.6) is 0 Å². The maximum absolute atomic E-state index is 13.2. The van der Waals surface area contributed by atoms with Crippen molar-refractivity contribution < 1.29 is 9.18 Å². The van der Waals surface area contributed by atoms with Gasteiger partial charge in [-0.25, -0.2) is 9.37 Å². The summed E-state index contributed by atoms with van der Waals surface area (Å²) < 4.78 is 13.2. The highest BCUT2D eigenvalue weighted by molar-refractivity contribution is 7.09. The van der Waals surface area contributed by atoms with Gasteiger partial charge in [-0.2, -0.15) is 0 Å². The van der Waals surface area contributed by atoms with E-state index in [0.29, 0.717) is 12.5 Å². The molecular formula is C17H17FN2OS. The minimum absolute atomic E-state index is 0.0247. The van der Waals surface area contributed by atoms with E-state index >= 15 is 0 Å². The zero-order valence-electron chi connectivity index (χ0n) is 12.1. The van der Waals surface area contributed by atoms with Crippen LogP contribution in [0.1, 0.15) is 47.4 Å². The Morgan fingerprint density at radius 1 is 1.41 bits per heavy atom. The summed E-state index contributed by atoms with van der Waals surface area (Å²) in [6.45, 7) is 0.494. The fraction of sp³-hybridized carbons (Fsp3) is 0.412. The van der Waals surface area contributed by atoms with Crippen molar-refractivity contribution in [2.75, 3.05) is 0 Å². The molecule has 2 fully saturated rings. The van der Waals surface area contributed by atoms with Gasteiger partial charge in [0, 0.05) is 17.2 Å². The Morgan fingerprint density at radius 3 is 3.05 bits per heavy atom. The summed E-state index contributed by atoms with van der Waals surface area (Å²) in [4.78, 5) is 16.7. The van der Waals surface area contributed by atoms with Crippen molar-refractivity contribution >= 4 is 17.2 Å². The summed E-state index contributed by atoms with van der Waals surface area (Å²) in [6, 6.07) is 6.55. The molecule has 0 bridgehead atoms. The zero-order valence-corrected chi connectivity index (χ0v) is 12.9. The summed E-state index contributed by atoms with van der Waals surface area (Å²) in [6.07, 6.45) is 3.30. The minimum atomic E-state index is -0.237. The Kier molecular flexibility index (Phi) is 3.45. The number of benzene rings is 1. The van der Waals surface area contributed by atoms with Gasteiger partial charge >= 0.3 is 0 Å². The van der Waals surface area contributed by atoms with Crippen LogP contribution in [0.3, 0.4) is 0 Å². The number of carbonyl (C=O) groups is 1. The summed E-state index contributed by atoms with van der Waals surface area (Å²) in [7, 11) is 0. The molecule has 0 radical (unpaired) electrons. The molecular weight excluding hydrogens is 299 g/mol. The Balaban J connectivity index is 1.31. The van der Waals surface area contributed by atoms with Crippen LogP contribution in [-0.4, -0.2) is 10.9 Å². The Bertz CT molecular complexity index is 710. The Hall–Kier alpha value is -1.75. The number of hydrogen-bond acceptors (Lipinski definition) is 3. The number of thiazole rings is 1. The molecule has 5 heteroatoms. The average Bonchev–Trinajstić information content (AvgIpc) is 3.43. The van der Waals surface area contributed by atoms with Crippen molar-refractivity contribution in [2.45, 2.75) is 37.6 Å². The molecule has 1 heterocycles. The quantitative estimate of drug-likeness (QED) is 0.916. The van der Waals surface area contributed by atoms with Crippen molar-refractivity contribution in [3.63, 3.8) is 0 Å². The first kappa shape index (κ1) is 13.9. The van der Waals surface area contributed by atoms with Gasteiger partial charge in [0.25, 0.3) is 0 Å². The van der Waals surface area contributed by atoms with Gasteiger partial charge in [-0.3, -0.25) is 4.79 Å². The Morgan fingerprint density at radius 2 is 2.27 bits per heavy atom. The molecule has 2 atom stereocenters. The molecule has 1 amide bonds. The monoisotopic (exact) mass is 316 g/mol. The lowest BCUT2D eigenvalue weighted by Crippen LogP contribution is -2.25. The average molecular weight is 316 g/mol. The number of rotatable bonds is 5. The van der Waals surface area contributed by atoms with E-state index in [-0.39, 0.29) is 23.6 Å². The van der Waals surface area contributed by atoms with Crippen LogP contribution in [0.15, 0.2) is 29.6 Å². The highest BCUT2D eigenvalue weighted by Crippen LogP contribution is 2.47. The molecule has 2 aliphatic rings. The number of carbonyl (C=O) groups excluding carboxylic acids is 1. The molecule has 114 valence electrons. The van der Waals surface area contributed by atoms with Crippen LogP contribution in [0.4, 0.5) is 4.39 Å². The lowest BCUT2D eigenvalue weighted by Gasteiger charge is -2.03. The first-order valence-corrected chi connectivity index (χ1v) is 8.56. The minimum Gasteiger partial charge on any atom is -0.350 e. The van der Waals surface area contributed by atoms with Gasteiger partial charge < -0.3 is 5.32 Å². The van der Waals surface area contributed by atoms with Gasteiger partial charge in [-0.15, -0.1) is 11.3 Å². The molecule has 0 saturated heterocycles. The molecule has 1 aromatic heterocycles.